The van der Waals surface area contributed by atoms with E-state index in [9.17, 15) is 19.5 Å². The number of ether oxygens (including phenoxy) is 1. The van der Waals surface area contributed by atoms with Crippen molar-refractivity contribution in [1.82, 2.24) is 4.98 Å². The van der Waals surface area contributed by atoms with E-state index in [2.05, 4.69) is 57.4 Å². The van der Waals surface area contributed by atoms with Crippen LogP contribution in [0.1, 0.15) is 79.8 Å². The molecule has 0 aliphatic heterocycles. The van der Waals surface area contributed by atoms with Gasteiger partial charge in [0.15, 0.2) is 11.5 Å². The van der Waals surface area contributed by atoms with Gasteiger partial charge in [-0.15, -0.1) is 0 Å². The van der Waals surface area contributed by atoms with Crippen LogP contribution in [0.5, 0.6) is 17.2 Å². The number of ketones is 1. The second-order valence-corrected chi connectivity index (χ2v) is 15.4. The maximum Gasteiger partial charge on any atom is 0.259 e. The molecule has 0 bridgehead atoms. The number of pyridine rings is 1. The van der Waals surface area contributed by atoms with Gasteiger partial charge < -0.3 is 20.5 Å². The van der Waals surface area contributed by atoms with Gasteiger partial charge >= 0.3 is 0 Å². The molecule has 0 fully saturated rings. The van der Waals surface area contributed by atoms with Crippen LogP contribution in [-0.4, -0.2) is 27.7 Å². The molecule has 0 radical (unpaired) electrons. The largest absolute Gasteiger partial charge is 0.507 e. The normalized spacial score (nSPS) is 12.3. The standard InChI is InChI=1S/C45H41N3O5/c1-26(49)46-34-17-11-9-15-31(34)35-23-33-29-13-7-8-14-30(29)42(51)40-36(48-43(52)32-16-10-12-18-37(32)50)24-38(41(47-35)39(33)40)53-28-21-19-27(20-22-28)45(5,6)25-44(2,3)4/h7-24,50H,25H2,1-6H3,(H,46,49)(H,48,52). The van der Waals surface area contributed by atoms with Gasteiger partial charge in [-0.1, -0.05) is 101 Å². The molecule has 0 spiro atoms. The lowest BCUT2D eigenvalue weighted by Crippen LogP contribution is -2.24. The Bertz CT molecular complexity index is 2440. The number of anilines is 2. The number of nitrogens with zero attached hydrogens (tertiary/aromatic N) is 1. The predicted octanol–water partition coefficient (Wildman–Crippen LogP) is 10.5. The maximum atomic E-state index is 14.4. The molecule has 5 aromatic carbocycles. The van der Waals surface area contributed by atoms with E-state index in [1.807, 2.05) is 54.6 Å². The molecule has 1 aliphatic rings. The highest BCUT2D eigenvalue weighted by Crippen LogP contribution is 2.48. The summed E-state index contributed by atoms with van der Waals surface area (Å²) in [5, 5.41) is 16.9. The fraction of sp³-hybridized carbons (Fsp3) is 0.200. The number of amides is 2. The molecule has 7 rings (SSSR count). The first kappa shape index (κ1) is 35.1. The van der Waals surface area contributed by atoms with Gasteiger partial charge in [0, 0.05) is 29.5 Å². The van der Waals surface area contributed by atoms with Crippen molar-refractivity contribution in [3.05, 3.63) is 131 Å². The molecule has 53 heavy (non-hydrogen) atoms. The van der Waals surface area contributed by atoms with Crippen molar-refractivity contribution in [3.63, 3.8) is 0 Å². The summed E-state index contributed by atoms with van der Waals surface area (Å²) in [5.41, 5.74) is 5.89. The number of phenols is 1. The zero-order valence-corrected chi connectivity index (χ0v) is 30.6. The number of fused-ring (bicyclic) bond motifs is 2. The van der Waals surface area contributed by atoms with E-state index in [1.165, 1.54) is 24.6 Å². The molecule has 0 saturated carbocycles. The molecule has 0 unspecified atom stereocenters. The lowest BCUT2D eigenvalue weighted by Gasteiger charge is -2.33. The molecule has 8 nitrogen and oxygen atoms in total. The molecule has 2 amide bonds. The fourth-order valence-corrected chi connectivity index (χ4v) is 7.59. The van der Waals surface area contributed by atoms with Gasteiger partial charge in [-0.2, -0.15) is 0 Å². The number of nitrogens with one attached hydrogen (secondary N) is 2. The summed E-state index contributed by atoms with van der Waals surface area (Å²) in [5.74, 6) is -0.422. The van der Waals surface area contributed by atoms with E-state index in [0.717, 1.165) is 12.0 Å². The number of carbonyl (C=O) groups is 3. The number of benzene rings is 5. The summed E-state index contributed by atoms with van der Waals surface area (Å²) in [7, 11) is 0. The SMILES string of the molecule is CC(=O)Nc1ccccc1-c1cc2c3c(c(NC(=O)c4ccccc4O)cc(Oc4ccc(C(C)(C)CC(C)(C)C)cc4)c3n1)C(=O)c1ccccc1-2. The van der Waals surface area contributed by atoms with Crippen LogP contribution in [0.15, 0.2) is 109 Å². The van der Waals surface area contributed by atoms with Gasteiger partial charge in [0.25, 0.3) is 5.91 Å². The lowest BCUT2D eigenvalue weighted by atomic mass is 9.72. The van der Waals surface area contributed by atoms with E-state index < -0.39 is 5.91 Å². The number of aromatic nitrogens is 1. The lowest BCUT2D eigenvalue weighted by molar-refractivity contribution is -0.114. The van der Waals surface area contributed by atoms with E-state index in [0.29, 0.717) is 50.5 Å². The topological polar surface area (TPSA) is 118 Å². The third-order valence-corrected chi connectivity index (χ3v) is 9.48. The minimum atomic E-state index is -0.586. The Morgan fingerprint density at radius 3 is 2.06 bits per heavy atom. The summed E-state index contributed by atoms with van der Waals surface area (Å²) in [4.78, 5) is 45.4. The summed E-state index contributed by atoms with van der Waals surface area (Å²) >= 11 is 0. The Labute approximate surface area is 308 Å². The van der Waals surface area contributed by atoms with Crippen molar-refractivity contribution in [3.8, 4) is 39.6 Å². The van der Waals surface area contributed by atoms with E-state index >= 15 is 0 Å². The van der Waals surface area contributed by atoms with Crippen LogP contribution < -0.4 is 15.4 Å². The van der Waals surface area contributed by atoms with Crippen molar-refractivity contribution < 1.29 is 24.2 Å². The number of hydrogen-bond donors (Lipinski definition) is 3. The molecule has 3 N–H and O–H groups in total. The predicted molar refractivity (Wildman–Crippen MR) is 210 cm³/mol. The maximum absolute atomic E-state index is 14.4. The first-order chi connectivity index (χ1) is 25.2. The van der Waals surface area contributed by atoms with Crippen molar-refractivity contribution >= 4 is 39.9 Å². The van der Waals surface area contributed by atoms with Crippen LogP contribution in [0.2, 0.25) is 0 Å². The zero-order chi connectivity index (χ0) is 37.7. The molecule has 0 atom stereocenters. The number of rotatable bonds is 8. The van der Waals surface area contributed by atoms with Gasteiger partial charge in [0.2, 0.25) is 5.91 Å². The van der Waals surface area contributed by atoms with Crippen LogP contribution in [0.25, 0.3) is 33.3 Å². The van der Waals surface area contributed by atoms with E-state index in [-0.39, 0.29) is 45.1 Å². The molecule has 1 aromatic heterocycles. The number of hydrogen-bond acceptors (Lipinski definition) is 6. The van der Waals surface area contributed by atoms with Gasteiger partial charge in [-0.3, -0.25) is 14.4 Å². The van der Waals surface area contributed by atoms with Crippen molar-refractivity contribution in [2.45, 2.75) is 53.4 Å². The second kappa shape index (κ2) is 13.4. The highest BCUT2D eigenvalue weighted by atomic mass is 16.5. The molecule has 1 heterocycles. The Morgan fingerprint density at radius 2 is 1.38 bits per heavy atom. The average Bonchev–Trinajstić information content (AvgIpc) is 3.10. The Kier molecular flexibility index (Phi) is 8.86. The molecule has 8 heteroatoms. The Morgan fingerprint density at radius 1 is 0.736 bits per heavy atom. The number of carbonyl (C=O) groups excluding carboxylic acids is 3. The number of phenolic OH excluding ortho intramolecular Hbond substituents is 1. The second-order valence-electron chi connectivity index (χ2n) is 15.4. The Balaban J connectivity index is 1.46. The highest BCUT2D eigenvalue weighted by molar-refractivity contribution is 6.30. The van der Waals surface area contributed by atoms with Crippen LogP contribution in [0, 0.1) is 5.41 Å². The van der Waals surface area contributed by atoms with Crippen LogP contribution >= 0.6 is 0 Å². The minimum Gasteiger partial charge on any atom is -0.507 e. The summed E-state index contributed by atoms with van der Waals surface area (Å²) in [6.07, 6.45) is 0.983. The van der Waals surface area contributed by atoms with Crippen LogP contribution in [-0.2, 0) is 10.2 Å². The molecule has 6 aromatic rings. The molecule has 1 aliphatic carbocycles. The third kappa shape index (κ3) is 6.88. The van der Waals surface area contributed by atoms with Crippen molar-refractivity contribution in [1.29, 1.82) is 0 Å². The molecular weight excluding hydrogens is 663 g/mol. The first-order valence-corrected chi connectivity index (χ1v) is 17.6. The molecular formula is C45H41N3O5. The minimum absolute atomic E-state index is 0.0580. The van der Waals surface area contributed by atoms with E-state index in [1.54, 1.807) is 30.3 Å². The summed E-state index contributed by atoms with van der Waals surface area (Å²) in [6, 6.07) is 32.5. The first-order valence-electron chi connectivity index (χ1n) is 17.6. The van der Waals surface area contributed by atoms with Crippen molar-refractivity contribution in [2.24, 2.45) is 5.41 Å². The Hall–Kier alpha value is -6.28. The average molecular weight is 704 g/mol. The summed E-state index contributed by atoms with van der Waals surface area (Å²) in [6.45, 7) is 12.6. The van der Waals surface area contributed by atoms with Crippen molar-refractivity contribution in [2.75, 3.05) is 10.6 Å². The quantitative estimate of drug-likeness (QED) is 0.145. The highest BCUT2D eigenvalue weighted by Gasteiger charge is 2.32. The van der Waals surface area contributed by atoms with Gasteiger partial charge in [0.05, 0.1) is 28.2 Å². The molecule has 266 valence electrons. The molecule has 0 saturated heterocycles. The van der Waals surface area contributed by atoms with Gasteiger partial charge in [-0.05, 0) is 70.3 Å². The van der Waals surface area contributed by atoms with Gasteiger partial charge in [-0.25, -0.2) is 4.98 Å². The number of aromatic hydroxyl groups is 1. The van der Waals surface area contributed by atoms with Gasteiger partial charge in [0.1, 0.15) is 17.0 Å². The smallest absolute Gasteiger partial charge is 0.259 e. The third-order valence-electron chi connectivity index (χ3n) is 9.48. The summed E-state index contributed by atoms with van der Waals surface area (Å²) < 4.78 is 6.66. The zero-order valence-electron chi connectivity index (χ0n) is 30.6. The monoisotopic (exact) mass is 703 g/mol. The van der Waals surface area contributed by atoms with E-state index in [4.69, 9.17) is 9.72 Å². The fourth-order valence-electron chi connectivity index (χ4n) is 7.59. The van der Waals surface area contributed by atoms with Crippen LogP contribution in [0.3, 0.4) is 0 Å². The van der Waals surface area contributed by atoms with Crippen LogP contribution in [0.4, 0.5) is 11.4 Å². The number of para-hydroxylation sites is 2.